The van der Waals surface area contributed by atoms with Crippen LogP contribution < -0.4 is 0 Å². The molecule has 0 unspecified atom stereocenters. The molecule has 4 aromatic rings. The molecule has 0 radical (unpaired) electrons. The van der Waals surface area contributed by atoms with Crippen LogP contribution in [0.4, 0.5) is 13.2 Å². The topological polar surface area (TPSA) is 43.1 Å². The summed E-state index contributed by atoms with van der Waals surface area (Å²) in [6.07, 6.45) is 1.31. The molecule has 0 aliphatic heterocycles. The summed E-state index contributed by atoms with van der Waals surface area (Å²) in [5.74, 6) is -2.67. The lowest BCUT2D eigenvalue weighted by Crippen LogP contribution is -2.05. The van der Waals surface area contributed by atoms with Crippen molar-refractivity contribution in [2.75, 3.05) is 0 Å². The summed E-state index contributed by atoms with van der Waals surface area (Å²) in [5.41, 5.74) is 1.34. The van der Waals surface area contributed by atoms with Crippen LogP contribution in [0.2, 0.25) is 0 Å². The maximum absolute atomic E-state index is 14.4. The van der Waals surface area contributed by atoms with E-state index in [2.05, 4.69) is 15.1 Å². The number of benzene rings is 2. The lowest BCUT2D eigenvalue weighted by Gasteiger charge is -2.15. The van der Waals surface area contributed by atoms with Crippen LogP contribution in [-0.4, -0.2) is 19.6 Å². The van der Waals surface area contributed by atoms with Crippen LogP contribution in [0.15, 0.2) is 48.8 Å². The molecule has 0 aliphatic rings. The van der Waals surface area contributed by atoms with Crippen molar-refractivity contribution in [2.45, 2.75) is 6.92 Å². The van der Waals surface area contributed by atoms with E-state index in [-0.39, 0.29) is 11.1 Å². The lowest BCUT2D eigenvalue weighted by atomic mass is 9.97. The van der Waals surface area contributed by atoms with Crippen LogP contribution in [0.25, 0.3) is 28.2 Å². The maximum Gasteiger partial charge on any atom is 0.252 e. The molecule has 7 heteroatoms. The molecule has 0 bridgehead atoms. The fraction of sp³-hybridized carbons (Fsp3) is 0.0556. The molecule has 0 atom stereocenters. The first-order valence-corrected chi connectivity index (χ1v) is 7.47. The summed E-state index contributed by atoms with van der Waals surface area (Å²) < 4.78 is 43.6. The van der Waals surface area contributed by atoms with Gasteiger partial charge in [0.15, 0.2) is 0 Å². The minimum atomic E-state index is -1.00. The molecule has 4 rings (SSSR count). The lowest BCUT2D eigenvalue weighted by molar-refractivity contribution is 0.547. The summed E-state index contributed by atoms with van der Waals surface area (Å²) in [4.78, 5) is 8.32. The molecule has 2 aromatic carbocycles. The first-order valence-electron chi connectivity index (χ1n) is 7.47. The van der Waals surface area contributed by atoms with E-state index in [1.807, 2.05) is 6.07 Å². The Kier molecular flexibility index (Phi) is 3.49. The van der Waals surface area contributed by atoms with Gasteiger partial charge in [-0.15, -0.1) is 0 Å². The molecule has 0 aliphatic carbocycles. The van der Waals surface area contributed by atoms with Gasteiger partial charge in [-0.2, -0.15) is 14.6 Å². The van der Waals surface area contributed by atoms with Gasteiger partial charge in [0.1, 0.15) is 23.8 Å². The van der Waals surface area contributed by atoms with Crippen LogP contribution in [0.5, 0.6) is 0 Å². The van der Waals surface area contributed by atoms with Crippen molar-refractivity contribution in [1.29, 1.82) is 0 Å². The van der Waals surface area contributed by atoms with E-state index >= 15 is 0 Å². The van der Waals surface area contributed by atoms with E-state index in [1.54, 1.807) is 31.2 Å². The number of fused-ring (bicyclic) bond motifs is 1. The number of aromatic nitrogens is 4. The van der Waals surface area contributed by atoms with E-state index in [1.165, 1.54) is 10.8 Å². The summed E-state index contributed by atoms with van der Waals surface area (Å²) in [6.45, 7) is 1.62. The van der Waals surface area contributed by atoms with Crippen LogP contribution in [-0.2, 0) is 0 Å². The van der Waals surface area contributed by atoms with Gasteiger partial charge in [0.05, 0.1) is 17.0 Å². The molecule has 0 fully saturated rings. The first kappa shape index (κ1) is 15.3. The maximum atomic E-state index is 14.4. The second-order valence-electron chi connectivity index (χ2n) is 5.50. The molecule has 0 N–H and O–H groups in total. The molecule has 25 heavy (non-hydrogen) atoms. The number of halogens is 3. The molecule has 4 nitrogen and oxygen atoms in total. The van der Waals surface area contributed by atoms with Crippen LogP contribution in [0, 0.1) is 24.4 Å². The molecule has 2 aromatic heterocycles. The fourth-order valence-electron chi connectivity index (χ4n) is 2.90. The predicted octanol–water partition coefficient (Wildman–Crippen LogP) is 4.18. The Morgan fingerprint density at radius 3 is 2.28 bits per heavy atom. The molecule has 0 saturated heterocycles. The van der Waals surface area contributed by atoms with Gasteiger partial charge in [0, 0.05) is 23.3 Å². The zero-order chi connectivity index (χ0) is 17.6. The Morgan fingerprint density at radius 2 is 1.60 bits per heavy atom. The Morgan fingerprint density at radius 1 is 0.920 bits per heavy atom. The van der Waals surface area contributed by atoms with E-state index in [0.29, 0.717) is 34.9 Å². The van der Waals surface area contributed by atoms with Crippen molar-refractivity contribution in [2.24, 2.45) is 0 Å². The molecular weight excluding hydrogens is 329 g/mol. The number of aryl methyl sites for hydroxylation is 1. The van der Waals surface area contributed by atoms with Gasteiger partial charge in [0.25, 0.3) is 5.78 Å². The van der Waals surface area contributed by atoms with Gasteiger partial charge in [-0.25, -0.2) is 18.2 Å². The van der Waals surface area contributed by atoms with Crippen molar-refractivity contribution < 1.29 is 13.2 Å². The highest BCUT2D eigenvalue weighted by atomic mass is 19.1. The third-order valence-corrected chi connectivity index (χ3v) is 3.91. The summed E-state index contributed by atoms with van der Waals surface area (Å²) in [7, 11) is 0. The van der Waals surface area contributed by atoms with Crippen molar-refractivity contribution in [1.82, 2.24) is 19.6 Å². The Hall–Kier alpha value is -3.22. The van der Waals surface area contributed by atoms with Gasteiger partial charge in [-0.3, -0.25) is 0 Å². The van der Waals surface area contributed by atoms with E-state index in [4.69, 9.17) is 0 Å². The third-order valence-electron chi connectivity index (χ3n) is 3.91. The van der Waals surface area contributed by atoms with Crippen LogP contribution in [0.1, 0.15) is 5.69 Å². The normalized spacial score (nSPS) is 11.2. The van der Waals surface area contributed by atoms with Crippen molar-refractivity contribution in [3.8, 4) is 22.4 Å². The van der Waals surface area contributed by atoms with Gasteiger partial charge in [-0.05, 0) is 6.92 Å². The van der Waals surface area contributed by atoms with Gasteiger partial charge in [0.2, 0.25) is 0 Å². The number of hydrogen-bond acceptors (Lipinski definition) is 3. The highest BCUT2D eigenvalue weighted by Crippen LogP contribution is 2.37. The molecule has 0 amide bonds. The minimum Gasteiger partial charge on any atom is -0.216 e. The largest absolute Gasteiger partial charge is 0.252 e. The smallest absolute Gasteiger partial charge is 0.216 e. The molecule has 0 spiro atoms. The highest BCUT2D eigenvalue weighted by molar-refractivity contribution is 5.84. The zero-order valence-electron chi connectivity index (χ0n) is 13.0. The molecule has 2 heterocycles. The second kappa shape index (κ2) is 5.70. The number of rotatable bonds is 2. The predicted molar refractivity (Wildman–Crippen MR) is 86.3 cm³/mol. The Balaban J connectivity index is 2.17. The Bertz CT molecular complexity index is 1070. The quantitative estimate of drug-likeness (QED) is 0.550. The van der Waals surface area contributed by atoms with Crippen molar-refractivity contribution in [3.63, 3.8) is 0 Å². The standard InChI is InChI=1S/C18H11F3N4/c1-10-15(16-13(20)7-12(19)8-14(16)21)17(11-5-3-2-4-6-11)25-18(24-10)22-9-23-25/h2-9H,1H3. The molecular formula is C18H11F3N4. The van der Waals surface area contributed by atoms with E-state index in [0.717, 1.165) is 0 Å². The van der Waals surface area contributed by atoms with Gasteiger partial charge in [-0.1, -0.05) is 30.3 Å². The second-order valence-corrected chi connectivity index (χ2v) is 5.50. The van der Waals surface area contributed by atoms with E-state index < -0.39 is 17.5 Å². The monoisotopic (exact) mass is 340 g/mol. The third kappa shape index (κ3) is 2.44. The van der Waals surface area contributed by atoms with Crippen molar-refractivity contribution in [3.05, 3.63) is 71.9 Å². The number of nitrogens with zero attached hydrogens (tertiary/aromatic N) is 4. The SMILES string of the molecule is Cc1nc2ncnn2c(-c2ccccc2)c1-c1c(F)cc(F)cc1F. The zero-order valence-corrected chi connectivity index (χ0v) is 13.0. The first-order chi connectivity index (χ1) is 12.1. The van der Waals surface area contributed by atoms with Gasteiger partial charge >= 0.3 is 0 Å². The summed E-state index contributed by atoms with van der Waals surface area (Å²) in [6, 6.07) is 10.3. The van der Waals surface area contributed by atoms with E-state index in [9.17, 15) is 13.2 Å². The average Bonchev–Trinajstić information content (AvgIpc) is 3.02. The fourth-order valence-corrected chi connectivity index (χ4v) is 2.90. The average molecular weight is 340 g/mol. The van der Waals surface area contributed by atoms with Crippen LogP contribution in [0.3, 0.4) is 0 Å². The minimum absolute atomic E-state index is 0.208. The molecule has 0 saturated carbocycles. The van der Waals surface area contributed by atoms with Gasteiger partial charge < -0.3 is 0 Å². The number of hydrogen-bond donors (Lipinski definition) is 0. The molecule has 124 valence electrons. The van der Waals surface area contributed by atoms with Crippen molar-refractivity contribution >= 4 is 5.78 Å². The highest BCUT2D eigenvalue weighted by Gasteiger charge is 2.23. The summed E-state index contributed by atoms with van der Waals surface area (Å²) in [5, 5.41) is 4.12. The van der Waals surface area contributed by atoms with Crippen LogP contribution >= 0.6 is 0 Å². The Labute approximate surface area is 140 Å². The summed E-state index contributed by atoms with van der Waals surface area (Å²) >= 11 is 0.